The zero-order valence-electron chi connectivity index (χ0n) is 40.1. The minimum Gasteiger partial charge on any atom is -0.460 e. The molecule has 0 rings (SSSR count). The van der Waals surface area contributed by atoms with Gasteiger partial charge in [0.15, 0.2) is 0 Å². The molecule has 65 heavy (non-hydrogen) atoms. The van der Waals surface area contributed by atoms with E-state index in [4.69, 9.17) is 41.1 Å². The first kappa shape index (κ1) is 77.8. The summed E-state index contributed by atoms with van der Waals surface area (Å²) in [6.45, 7) is 46.6. The second-order valence-electron chi connectivity index (χ2n) is 11.7. The molecule has 0 spiro atoms. The van der Waals surface area contributed by atoms with E-state index < -0.39 is 35.1 Å². The number of halogens is 1. The Bertz CT molecular complexity index is 1200. The van der Waals surface area contributed by atoms with Crippen LogP contribution in [0.2, 0.25) is 0 Å². The molecule has 0 heterocycles. The second kappa shape index (κ2) is 63.9. The summed E-state index contributed by atoms with van der Waals surface area (Å²) in [5, 5.41) is 23.9. The van der Waals surface area contributed by atoms with E-state index in [0.29, 0.717) is 25.4 Å². The minimum atomic E-state index is -0.710. The van der Waals surface area contributed by atoms with Crippen LogP contribution in [0.5, 0.6) is 0 Å². The third-order valence-corrected chi connectivity index (χ3v) is 6.67. The van der Waals surface area contributed by atoms with Crippen LogP contribution in [0.3, 0.4) is 0 Å². The van der Waals surface area contributed by atoms with Crippen LogP contribution in [0, 0.1) is 0 Å². The van der Waals surface area contributed by atoms with E-state index in [0.717, 1.165) is 18.2 Å². The maximum absolute atomic E-state index is 10.9. The van der Waals surface area contributed by atoms with Gasteiger partial charge >= 0.3 is 29.8 Å². The number of nitrogens with zero attached hydrogens (tertiary/aromatic N) is 2. The third kappa shape index (κ3) is 77.3. The second-order valence-corrected chi connectivity index (χ2v) is 12.0. The SMILES string of the molecule is C.C=C(C)C(=O)OC(=O)C(=C)C.C=CC(=O)Cl.C=CC(=O)OCCOCCO.C=CC(=O)OCCOCCOC(=O)C(=C)C.CCN(CC)CC.CCN(CC)CC.OCCOCCO. The quantitative estimate of drug-likeness (QED) is 0.0244. The predicted octanol–water partition coefficient (Wildman–Crippen LogP) is 5.04. The van der Waals surface area contributed by atoms with Gasteiger partial charge < -0.3 is 58.3 Å². The molecule has 18 nitrogen and oxygen atoms in total. The average molecular weight is 958 g/mol. The van der Waals surface area contributed by atoms with E-state index in [1.165, 1.54) is 53.1 Å². The fraction of sp³-hybridized carbons (Fsp3) is 0.609. The monoisotopic (exact) mass is 957 g/mol. The molecule has 0 fully saturated rings. The maximum atomic E-state index is 10.9. The zero-order chi connectivity index (χ0) is 51.1. The van der Waals surface area contributed by atoms with Crippen LogP contribution >= 0.6 is 11.6 Å². The minimum absolute atomic E-state index is 0. The van der Waals surface area contributed by atoms with E-state index in [1.54, 1.807) is 6.92 Å². The summed E-state index contributed by atoms with van der Waals surface area (Å²) in [7, 11) is 0. The highest BCUT2D eigenvalue weighted by atomic mass is 35.5. The lowest BCUT2D eigenvalue weighted by atomic mass is 10.3. The van der Waals surface area contributed by atoms with Gasteiger partial charge in [-0.15, -0.1) is 0 Å². The molecule has 0 amide bonds. The normalized spacial score (nSPS) is 9.03. The summed E-state index contributed by atoms with van der Waals surface area (Å²) in [5.41, 5.74) is 0.735. The largest absolute Gasteiger partial charge is 0.460 e. The first-order chi connectivity index (χ1) is 30.2. The Kier molecular flexibility index (Phi) is 76.5. The van der Waals surface area contributed by atoms with Crippen molar-refractivity contribution in [3.05, 3.63) is 74.4 Å². The van der Waals surface area contributed by atoms with Crippen molar-refractivity contribution in [2.75, 3.05) is 119 Å². The molecule has 0 aliphatic heterocycles. The van der Waals surface area contributed by atoms with Crippen molar-refractivity contribution in [1.82, 2.24) is 9.80 Å². The summed E-state index contributed by atoms with van der Waals surface area (Å²) < 4.78 is 32.8. The number of aliphatic hydroxyl groups is 3. The van der Waals surface area contributed by atoms with Crippen molar-refractivity contribution in [3.8, 4) is 0 Å². The molecule has 0 aliphatic carbocycles. The van der Waals surface area contributed by atoms with Gasteiger partial charge in [0.05, 0.1) is 59.5 Å². The van der Waals surface area contributed by atoms with E-state index in [9.17, 15) is 28.8 Å². The maximum Gasteiger partial charge on any atom is 0.340 e. The molecule has 0 bridgehead atoms. The number of ether oxygens (including phenoxy) is 7. The Balaban J connectivity index is -0.000000100. The van der Waals surface area contributed by atoms with Gasteiger partial charge in [-0.1, -0.05) is 88.4 Å². The molecular weight excluding hydrogens is 872 g/mol. The Hall–Kier alpha value is -4.37. The third-order valence-electron chi connectivity index (χ3n) is 6.52. The van der Waals surface area contributed by atoms with Gasteiger partial charge in [-0.2, -0.15) is 0 Å². The molecule has 0 aliphatic rings. The fourth-order valence-electron chi connectivity index (χ4n) is 2.94. The fourth-order valence-corrected chi connectivity index (χ4v) is 2.94. The van der Waals surface area contributed by atoms with E-state index >= 15 is 0 Å². The summed E-state index contributed by atoms with van der Waals surface area (Å²) in [6, 6.07) is 0. The summed E-state index contributed by atoms with van der Waals surface area (Å²) in [5.74, 6) is -2.81. The van der Waals surface area contributed by atoms with E-state index in [-0.39, 0.29) is 78.0 Å². The molecule has 0 aromatic rings. The highest BCUT2D eigenvalue weighted by Crippen LogP contribution is 1.97. The van der Waals surface area contributed by atoms with Crippen molar-refractivity contribution in [1.29, 1.82) is 0 Å². The summed E-state index contributed by atoms with van der Waals surface area (Å²) in [6.07, 6.45) is 3.21. The van der Waals surface area contributed by atoms with E-state index in [1.807, 2.05) is 0 Å². The molecule has 0 aromatic carbocycles. The number of rotatable bonds is 27. The molecular formula is C46H85ClN2O16. The number of hydrogen-bond acceptors (Lipinski definition) is 18. The lowest BCUT2D eigenvalue weighted by Crippen LogP contribution is -2.21. The first-order valence-electron chi connectivity index (χ1n) is 20.5. The number of carbonyl (C=O) groups excluding carboxylic acids is 6. The molecule has 3 N–H and O–H groups in total. The smallest absolute Gasteiger partial charge is 0.340 e. The molecule has 0 unspecified atom stereocenters. The molecule has 19 heteroatoms. The van der Waals surface area contributed by atoms with Gasteiger partial charge in [-0.05, 0) is 77.7 Å². The number of carbonyl (C=O) groups is 6. The number of allylic oxidation sites excluding steroid dienone is 1. The molecule has 0 radical (unpaired) electrons. The van der Waals surface area contributed by atoms with Crippen LogP contribution in [0.1, 0.15) is 69.7 Å². The van der Waals surface area contributed by atoms with Gasteiger partial charge in [0.25, 0.3) is 0 Å². The average Bonchev–Trinajstić information content (AvgIpc) is 3.28. The highest BCUT2D eigenvalue weighted by Gasteiger charge is 2.10. The molecule has 0 saturated heterocycles. The van der Waals surface area contributed by atoms with Crippen LogP contribution in [-0.2, 0) is 61.9 Å². The van der Waals surface area contributed by atoms with Crippen molar-refractivity contribution < 1.29 is 77.2 Å². The van der Waals surface area contributed by atoms with Crippen LogP contribution < -0.4 is 0 Å². The number of aliphatic hydroxyl groups excluding tert-OH is 3. The van der Waals surface area contributed by atoms with Gasteiger partial charge in [0.2, 0.25) is 5.24 Å². The Labute approximate surface area is 395 Å². The Morgan fingerprint density at radius 3 is 0.908 bits per heavy atom. The van der Waals surface area contributed by atoms with Gasteiger partial charge in [0, 0.05) is 28.9 Å². The van der Waals surface area contributed by atoms with Gasteiger partial charge in [0.1, 0.15) is 19.8 Å². The van der Waals surface area contributed by atoms with Crippen molar-refractivity contribution in [2.24, 2.45) is 0 Å². The lowest BCUT2D eigenvalue weighted by Gasteiger charge is -2.13. The van der Waals surface area contributed by atoms with Crippen molar-refractivity contribution >= 4 is 46.7 Å². The lowest BCUT2D eigenvalue weighted by molar-refractivity contribution is -0.154. The summed E-state index contributed by atoms with van der Waals surface area (Å²) >= 11 is 4.71. The van der Waals surface area contributed by atoms with Crippen LogP contribution in [0.4, 0.5) is 0 Å². The van der Waals surface area contributed by atoms with Crippen LogP contribution in [0.25, 0.3) is 0 Å². The Morgan fingerprint density at radius 2 is 0.708 bits per heavy atom. The standard InChI is InChI=1S/C11H16O5.C8H10O3.C7H12O4.2C6H15N.C4H10O3.C3H3ClO.CH4/c1-4-10(12)15-7-5-14-6-8-16-11(13)9(2)3;1-5(2)7(9)11-8(10)6(3)4;1-2-7(9)11-6-5-10-4-3-8;2*1-4-7(5-2)6-3;5-1-3-7-4-2-6;1-2-3(4)5;/h4H,1-2,5-8H2,3H3;1,3H2,2,4H3;2,8H,1,3-6H2;2*4-6H2,1-3H3;5-6H,1-4H2;2H,1H2;1H4. The Morgan fingerprint density at radius 1 is 0.462 bits per heavy atom. The predicted molar refractivity (Wildman–Crippen MR) is 257 cm³/mol. The van der Waals surface area contributed by atoms with Crippen molar-refractivity contribution in [2.45, 2.75) is 69.7 Å². The zero-order valence-corrected chi connectivity index (χ0v) is 40.9. The molecule has 0 atom stereocenters. The molecule has 382 valence electrons. The number of esters is 5. The van der Waals surface area contributed by atoms with Crippen molar-refractivity contribution in [3.63, 3.8) is 0 Å². The van der Waals surface area contributed by atoms with Crippen LogP contribution in [0.15, 0.2) is 74.4 Å². The molecule has 0 saturated carbocycles. The summed E-state index contributed by atoms with van der Waals surface area (Å²) in [4.78, 5) is 67.4. The van der Waals surface area contributed by atoms with Crippen LogP contribution in [-0.4, -0.2) is 179 Å². The van der Waals surface area contributed by atoms with E-state index in [2.05, 4.69) is 110 Å². The number of hydrogen-bond donors (Lipinski definition) is 3. The van der Waals surface area contributed by atoms with Gasteiger partial charge in [-0.25, -0.2) is 24.0 Å². The van der Waals surface area contributed by atoms with Gasteiger partial charge in [-0.3, -0.25) is 4.79 Å². The molecule has 0 aromatic heterocycles. The highest BCUT2D eigenvalue weighted by molar-refractivity contribution is 6.66. The first-order valence-corrected chi connectivity index (χ1v) is 20.9. The topological polar surface area (TPSA) is 234 Å².